The standard InChI is InChI=1S/C12H16ClNO2/c1-15-9-4-3-8(7-12(14)5-6-12)10(13)11(9)16-2/h3-4H,5-7,14H2,1-2H3. The molecular formula is C12H16ClNO2. The molecule has 1 saturated carbocycles. The largest absolute Gasteiger partial charge is 0.493 e. The van der Waals surface area contributed by atoms with Crippen molar-refractivity contribution in [3.05, 3.63) is 22.7 Å². The molecule has 88 valence electrons. The van der Waals surface area contributed by atoms with E-state index in [2.05, 4.69) is 0 Å². The van der Waals surface area contributed by atoms with Crippen molar-refractivity contribution >= 4 is 11.6 Å². The molecule has 0 heterocycles. The Morgan fingerprint density at radius 3 is 2.50 bits per heavy atom. The van der Waals surface area contributed by atoms with E-state index in [0.29, 0.717) is 16.5 Å². The van der Waals surface area contributed by atoms with Gasteiger partial charge in [-0.3, -0.25) is 0 Å². The zero-order valence-electron chi connectivity index (χ0n) is 9.55. The van der Waals surface area contributed by atoms with Gasteiger partial charge in [-0.05, 0) is 30.9 Å². The molecule has 2 N–H and O–H groups in total. The van der Waals surface area contributed by atoms with Gasteiger partial charge in [0.1, 0.15) is 0 Å². The number of rotatable bonds is 4. The molecular weight excluding hydrogens is 226 g/mol. The zero-order valence-corrected chi connectivity index (χ0v) is 10.3. The smallest absolute Gasteiger partial charge is 0.179 e. The second-order valence-corrected chi connectivity index (χ2v) is 4.69. The second kappa shape index (κ2) is 4.15. The van der Waals surface area contributed by atoms with Gasteiger partial charge in [0.15, 0.2) is 11.5 Å². The summed E-state index contributed by atoms with van der Waals surface area (Å²) < 4.78 is 10.4. The van der Waals surface area contributed by atoms with Crippen LogP contribution >= 0.6 is 11.6 Å². The lowest BCUT2D eigenvalue weighted by Crippen LogP contribution is -2.24. The Morgan fingerprint density at radius 1 is 1.31 bits per heavy atom. The average Bonchev–Trinajstić information content (AvgIpc) is 2.99. The highest BCUT2D eigenvalue weighted by molar-refractivity contribution is 6.33. The summed E-state index contributed by atoms with van der Waals surface area (Å²) >= 11 is 6.27. The summed E-state index contributed by atoms with van der Waals surface area (Å²) in [6.07, 6.45) is 2.93. The Morgan fingerprint density at radius 2 is 2.00 bits per heavy atom. The maximum atomic E-state index is 6.27. The Balaban J connectivity index is 2.32. The third-order valence-corrected chi connectivity index (χ3v) is 3.41. The summed E-state index contributed by atoms with van der Waals surface area (Å²) in [6.45, 7) is 0. The van der Waals surface area contributed by atoms with Crippen molar-refractivity contribution in [2.75, 3.05) is 14.2 Å². The summed E-state index contributed by atoms with van der Waals surface area (Å²) in [5.74, 6) is 1.24. The fourth-order valence-electron chi connectivity index (χ4n) is 1.78. The quantitative estimate of drug-likeness (QED) is 0.881. The number of hydrogen-bond donors (Lipinski definition) is 1. The van der Waals surface area contributed by atoms with Crippen LogP contribution in [0.2, 0.25) is 5.02 Å². The van der Waals surface area contributed by atoms with Crippen molar-refractivity contribution in [3.8, 4) is 11.5 Å². The highest BCUT2D eigenvalue weighted by Gasteiger charge is 2.38. The molecule has 0 amide bonds. The highest BCUT2D eigenvalue weighted by atomic mass is 35.5. The fourth-order valence-corrected chi connectivity index (χ4v) is 2.08. The van der Waals surface area contributed by atoms with Gasteiger partial charge in [-0.15, -0.1) is 0 Å². The average molecular weight is 242 g/mol. The summed E-state index contributed by atoms with van der Waals surface area (Å²) in [7, 11) is 3.18. The van der Waals surface area contributed by atoms with Crippen LogP contribution in [0.4, 0.5) is 0 Å². The van der Waals surface area contributed by atoms with E-state index in [0.717, 1.165) is 24.8 Å². The lowest BCUT2D eigenvalue weighted by Gasteiger charge is -2.15. The Bertz CT molecular complexity index is 402. The first-order chi connectivity index (χ1) is 7.59. The van der Waals surface area contributed by atoms with E-state index in [1.165, 1.54) is 0 Å². The molecule has 2 rings (SSSR count). The van der Waals surface area contributed by atoms with Crippen molar-refractivity contribution in [2.24, 2.45) is 5.73 Å². The molecule has 0 spiro atoms. The number of nitrogens with two attached hydrogens (primary N) is 1. The zero-order chi connectivity index (χ0) is 11.8. The predicted octanol–water partition coefficient (Wildman–Crippen LogP) is 2.39. The Kier molecular flexibility index (Phi) is 3.00. The first-order valence-corrected chi connectivity index (χ1v) is 5.66. The molecule has 3 nitrogen and oxygen atoms in total. The van der Waals surface area contributed by atoms with Crippen molar-refractivity contribution in [1.82, 2.24) is 0 Å². The van der Waals surface area contributed by atoms with Crippen LogP contribution < -0.4 is 15.2 Å². The summed E-state index contributed by atoms with van der Waals surface area (Å²) in [5.41, 5.74) is 7.05. The molecule has 0 aliphatic heterocycles. The van der Waals surface area contributed by atoms with E-state index in [9.17, 15) is 0 Å². The molecule has 1 aromatic rings. The van der Waals surface area contributed by atoms with Crippen LogP contribution in [0.15, 0.2) is 12.1 Å². The first-order valence-electron chi connectivity index (χ1n) is 5.28. The second-order valence-electron chi connectivity index (χ2n) is 4.31. The number of ether oxygens (including phenoxy) is 2. The lowest BCUT2D eigenvalue weighted by atomic mass is 10.0. The van der Waals surface area contributed by atoms with E-state index in [1.807, 2.05) is 12.1 Å². The summed E-state index contributed by atoms with van der Waals surface area (Å²) in [6, 6.07) is 3.82. The fraction of sp³-hybridized carbons (Fsp3) is 0.500. The highest BCUT2D eigenvalue weighted by Crippen LogP contribution is 2.42. The van der Waals surface area contributed by atoms with Crippen LogP contribution in [-0.4, -0.2) is 19.8 Å². The van der Waals surface area contributed by atoms with Crippen molar-refractivity contribution in [2.45, 2.75) is 24.8 Å². The van der Waals surface area contributed by atoms with Gasteiger partial charge in [-0.1, -0.05) is 17.7 Å². The molecule has 0 unspecified atom stereocenters. The van der Waals surface area contributed by atoms with Gasteiger partial charge in [-0.2, -0.15) is 0 Å². The molecule has 1 aromatic carbocycles. The minimum Gasteiger partial charge on any atom is -0.493 e. The molecule has 16 heavy (non-hydrogen) atoms. The third-order valence-electron chi connectivity index (χ3n) is 3.00. The molecule has 1 fully saturated rings. The van der Waals surface area contributed by atoms with Gasteiger partial charge in [0.25, 0.3) is 0 Å². The Labute approximate surface area is 100 Å². The van der Waals surface area contributed by atoms with Crippen LogP contribution in [0.5, 0.6) is 11.5 Å². The van der Waals surface area contributed by atoms with Gasteiger partial charge in [-0.25, -0.2) is 0 Å². The predicted molar refractivity (Wildman–Crippen MR) is 64.4 cm³/mol. The van der Waals surface area contributed by atoms with Crippen LogP contribution in [0.1, 0.15) is 18.4 Å². The number of benzene rings is 1. The molecule has 4 heteroatoms. The SMILES string of the molecule is COc1ccc(CC2(N)CC2)c(Cl)c1OC. The van der Waals surface area contributed by atoms with E-state index >= 15 is 0 Å². The molecule has 1 aliphatic carbocycles. The number of halogens is 1. The van der Waals surface area contributed by atoms with Crippen LogP contribution in [-0.2, 0) is 6.42 Å². The van der Waals surface area contributed by atoms with E-state index in [4.69, 9.17) is 26.8 Å². The van der Waals surface area contributed by atoms with Gasteiger partial charge in [0.2, 0.25) is 0 Å². The van der Waals surface area contributed by atoms with Crippen molar-refractivity contribution in [1.29, 1.82) is 0 Å². The maximum absolute atomic E-state index is 6.27. The molecule has 0 radical (unpaired) electrons. The van der Waals surface area contributed by atoms with E-state index in [-0.39, 0.29) is 5.54 Å². The topological polar surface area (TPSA) is 44.5 Å². The molecule has 0 atom stereocenters. The van der Waals surface area contributed by atoms with Crippen LogP contribution in [0.25, 0.3) is 0 Å². The Hall–Kier alpha value is -0.930. The number of methoxy groups -OCH3 is 2. The molecule has 0 bridgehead atoms. The first kappa shape index (κ1) is 11.6. The van der Waals surface area contributed by atoms with Gasteiger partial charge >= 0.3 is 0 Å². The van der Waals surface area contributed by atoms with Crippen molar-refractivity contribution < 1.29 is 9.47 Å². The monoisotopic (exact) mass is 241 g/mol. The van der Waals surface area contributed by atoms with Crippen LogP contribution in [0, 0.1) is 0 Å². The molecule has 0 saturated heterocycles. The van der Waals surface area contributed by atoms with E-state index in [1.54, 1.807) is 14.2 Å². The minimum absolute atomic E-state index is 0.0523. The van der Waals surface area contributed by atoms with Gasteiger partial charge < -0.3 is 15.2 Å². The third kappa shape index (κ3) is 2.11. The van der Waals surface area contributed by atoms with E-state index < -0.39 is 0 Å². The maximum Gasteiger partial charge on any atom is 0.179 e. The number of hydrogen-bond acceptors (Lipinski definition) is 3. The van der Waals surface area contributed by atoms with Gasteiger partial charge in [0, 0.05) is 5.54 Å². The van der Waals surface area contributed by atoms with Gasteiger partial charge in [0.05, 0.1) is 19.2 Å². The molecule has 1 aliphatic rings. The summed E-state index contributed by atoms with van der Waals surface area (Å²) in [5, 5.41) is 0.610. The van der Waals surface area contributed by atoms with Crippen molar-refractivity contribution in [3.63, 3.8) is 0 Å². The molecule has 0 aromatic heterocycles. The summed E-state index contributed by atoms with van der Waals surface area (Å²) in [4.78, 5) is 0. The lowest BCUT2D eigenvalue weighted by molar-refractivity contribution is 0.354. The minimum atomic E-state index is -0.0523. The van der Waals surface area contributed by atoms with Crippen LogP contribution in [0.3, 0.4) is 0 Å². The normalized spacial score (nSPS) is 17.0.